The molecule has 6 rings (SSSR count). The molecule has 0 amide bonds. The van der Waals surface area contributed by atoms with Crippen LogP contribution in [-0.2, 0) is 0 Å². The average Bonchev–Trinajstić information content (AvgIpc) is 3.04. The monoisotopic (exact) mass is 332 g/mol. The summed E-state index contributed by atoms with van der Waals surface area (Å²) in [5.74, 6) is 0. The highest BCUT2D eigenvalue weighted by Crippen LogP contribution is 2.41. The third kappa shape index (κ3) is 1.71. The summed E-state index contributed by atoms with van der Waals surface area (Å²) < 4.78 is 2.39. The number of benzene rings is 4. The van der Waals surface area contributed by atoms with Crippen molar-refractivity contribution in [2.24, 2.45) is 0 Å². The fraction of sp³-hybridized carbons (Fsp3) is 0. The van der Waals surface area contributed by atoms with Crippen LogP contribution in [0.1, 0.15) is 5.56 Å². The standard InChI is InChI=1S/C24H16N2/c1-2-7-17(8-3-1)26-22-12-5-4-9-18(22)20-15-16-13-14-25-21-11-6-10-19(23(16)21)24(20)26/h1-15,25H. The second kappa shape index (κ2) is 4.99. The van der Waals surface area contributed by atoms with E-state index < -0.39 is 0 Å². The van der Waals surface area contributed by atoms with E-state index in [1.165, 1.54) is 49.5 Å². The van der Waals surface area contributed by atoms with Crippen LogP contribution in [0.15, 0.2) is 85.1 Å². The fourth-order valence-corrected chi connectivity index (χ4v) is 4.28. The van der Waals surface area contributed by atoms with Crippen molar-refractivity contribution in [3.05, 3.63) is 90.6 Å². The molecular formula is C24H16N2. The molecule has 0 atom stereocenters. The van der Waals surface area contributed by atoms with Crippen LogP contribution in [0.4, 0.5) is 5.69 Å². The first kappa shape index (κ1) is 13.7. The molecule has 0 bridgehead atoms. The average molecular weight is 332 g/mol. The van der Waals surface area contributed by atoms with E-state index in [0.717, 1.165) is 0 Å². The molecule has 0 fully saturated rings. The Labute approximate surface area is 151 Å². The molecule has 2 nitrogen and oxygen atoms in total. The molecule has 1 aliphatic heterocycles. The second-order valence-corrected chi connectivity index (χ2v) is 6.76. The lowest BCUT2D eigenvalue weighted by Gasteiger charge is -2.16. The molecule has 0 unspecified atom stereocenters. The summed E-state index contributed by atoms with van der Waals surface area (Å²) in [6.45, 7) is 0. The van der Waals surface area contributed by atoms with Gasteiger partial charge in [-0.15, -0.1) is 0 Å². The van der Waals surface area contributed by atoms with Gasteiger partial charge in [0.05, 0.1) is 11.0 Å². The van der Waals surface area contributed by atoms with Gasteiger partial charge in [0.1, 0.15) is 0 Å². The van der Waals surface area contributed by atoms with Gasteiger partial charge in [-0.2, -0.15) is 0 Å². The number of rotatable bonds is 1. The Kier molecular flexibility index (Phi) is 2.64. The molecule has 1 aromatic heterocycles. The van der Waals surface area contributed by atoms with Gasteiger partial charge in [0, 0.05) is 39.1 Å². The summed E-state index contributed by atoms with van der Waals surface area (Å²) in [4.78, 5) is 0. The Morgan fingerprint density at radius 3 is 2.42 bits per heavy atom. The third-order valence-corrected chi connectivity index (χ3v) is 5.34. The molecule has 2 heteroatoms. The van der Waals surface area contributed by atoms with E-state index in [1.807, 2.05) is 6.20 Å². The van der Waals surface area contributed by atoms with Crippen molar-refractivity contribution in [1.29, 1.82) is 0 Å². The van der Waals surface area contributed by atoms with Crippen molar-refractivity contribution in [1.82, 2.24) is 4.57 Å². The van der Waals surface area contributed by atoms with E-state index in [4.69, 9.17) is 0 Å². The minimum Gasteiger partial charge on any atom is -0.361 e. The molecule has 2 heterocycles. The van der Waals surface area contributed by atoms with Gasteiger partial charge in [0.2, 0.25) is 0 Å². The summed E-state index contributed by atoms with van der Waals surface area (Å²) in [6, 6.07) is 28.2. The minimum atomic E-state index is 1.17. The van der Waals surface area contributed by atoms with Crippen molar-refractivity contribution in [3.63, 3.8) is 0 Å². The van der Waals surface area contributed by atoms with Crippen LogP contribution in [0, 0.1) is 0 Å². The van der Waals surface area contributed by atoms with Crippen LogP contribution < -0.4 is 5.32 Å². The first-order chi connectivity index (χ1) is 12.9. The van der Waals surface area contributed by atoms with Gasteiger partial charge in [-0.25, -0.2) is 0 Å². The molecule has 0 saturated carbocycles. The SMILES string of the molecule is C1=Cc2cc3c4ccccc4n(-c4ccccc4)c3c3cccc(c23)N1. The van der Waals surface area contributed by atoms with Gasteiger partial charge >= 0.3 is 0 Å². The number of anilines is 1. The zero-order valence-corrected chi connectivity index (χ0v) is 14.1. The molecular weight excluding hydrogens is 316 g/mol. The lowest BCUT2D eigenvalue weighted by molar-refractivity contribution is 1.19. The number of hydrogen-bond acceptors (Lipinski definition) is 1. The molecule has 5 aromatic rings. The van der Waals surface area contributed by atoms with Crippen molar-refractivity contribution in [2.45, 2.75) is 0 Å². The topological polar surface area (TPSA) is 17.0 Å². The molecule has 0 radical (unpaired) electrons. The van der Waals surface area contributed by atoms with Crippen molar-refractivity contribution < 1.29 is 0 Å². The van der Waals surface area contributed by atoms with E-state index in [0.29, 0.717) is 0 Å². The molecule has 122 valence electrons. The normalized spacial score (nSPS) is 12.8. The van der Waals surface area contributed by atoms with Gasteiger partial charge in [0.25, 0.3) is 0 Å². The highest BCUT2D eigenvalue weighted by Gasteiger charge is 2.18. The smallest absolute Gasteiger partial charge is 0.0620 e. The van der Waals surface area contributed by atoms with Crippen molar-refractivity contribution in [2.75, 3.05) is 5.32 Å². The fourth-order valence-electron chi connectivity index (χ4n) is 4.28. The highest BCUT2D eigenvalue weighted by molar-refractivity contribution is 6.22. The Balaban J connectivity index is 1.94. The first-order valence-electron chi connectivity index (χ1n) is 8.89. The summed E-state index contributed by atoms with van der Waals surface area (Å²) in [7, 11) is 0. The first-order valence-corrected chi connectivity index (χ1v) is 8.89. The molecule has 1 aliphatic rings. The zero-order chi connectivity index (χ0) is 17.1. The Morgan fingerprint density at radius 2 is 1.50 bits per heavy atom. The number of aromatic nitrogens is 1. The number of para-hydroxylation sites is 2. The minimum absolute atomic E-state index is 1.17. The summed E-state index contributed by atoms with van der Waals surface area (Å²) in [6.07, 6.45) is 4.20. The molecule has 26 heavy (non-hydrogen) atoms. The van der Waals surface area contributed by atoms with Crippen LogP contribution in [0.5, 0.6) is 0 Å². The van der Waals surface area contributed by atoms with Gasteiger partial charge in [-0.1, -0.05) is 48.5 Å². The van der Waals surface area contributed by atoms with Crippen LogP contribution in [0.2, 0.25) is 0 Å². The number of hydrogen-bond donors (Lipinski definition) is 1. The quantitative estimate of drug-likeness (QED) is 0.379. The largest absolute Gasteiger partial charge is 0.361 e. The maximum absolute atomic E-state index is 3.39. The van der Waals surface area contributed by atoms with E-state index in [-0.39, 0.29) is 0 Å². The maximum atomic E-state index is 3.39. The molecule has 0 spiro atoms. The number of nitrogens with zero attached hydrogens (tertiary/aromatic N) is 1. The second-order valence-electron chi connectivity index (χ2n) is 6.76. The molecule has 1 N–H and O–H groups in total. The molecule has 4 aromatic carbocycles. The van der Waals surface area contributed by atoms with Gasteiger partial charge in [0.15, 0.2) is 0 Å². The predicted molar refractivity (Wildman–Crippen MR) is 111 cm³/mol. The lowest BCUT2D eigenvalue weighted by atomic mass is 9.97. The van der Waals surface area contributed by atoms with E-state index in [2.05, 4.69) is 94.8 Å². The predicted octanol–water partition coefficient (Wildman–Crippen LogP) is 6.33. The number of fused-ring (bicyclic) bond motifs is 4. The Bertz CT molecular complexity index is 1340. The lowest BCUT2D eigenvalue weighted by Crippen LogP contribution is -1.98. The summed E-state index contributed by atoms with van der Waals surface area (Å²) in [5.41, 5.74) is 6.16. The van der Waals surface area contributed by atoms with Crippen LogP contribution >= 0.6 is 0 Å². The zero-order valence-electron chi connectivity index (χ0n) is 14.1. The molecule has 0 aliphatic carbocycles. The summed E-state index contributed by atoms with van der Waals surface area (Å²) in [5, 5.41) is 8.57. The van der Waals surface area contributed by atoms with Gasteiger partial charge < -0.3 is 9.88 Å². The van der Waals surface area contributed by atoms with Gasteiger partial charge in [-0.3, -0.25) is 0 Å². The van der Waals surface area contributed by atoms with E-state index >= 15 is 0 Å². The van der Waals surface area contributed by atoms with Crippen molar-refractivity contribution in [3.8, 4) is 5.69 Å². The van der Waals surface area contributed by atoms with E-state index in [1.54, 1.807) is 0 Å². The van der Waals surface area contributed by atoms with Crippen LogP contribution in [0.25, 0.3) is 44.3 Å². The Morgan fingerprint density at radius 1 is 0.692 bits per heavy atom. The summed E-state index contributed by atoms with van der Waals surface area (Å²) >= 11 is 0. The van der Waals surface area contributed by atoms with Gasteiger partial charge in [-0.05, 0) is 42.0 Å². The van der Waals surface area contributed by atoms with Crippen LogP contribution in [-0.4, -0.2) is 4.57 Å². The number of nitrogens with one attached hydrogen (secondary N) is 1. The Hall–Kier alpha value is -3.52. The third-order valence-electron chi connectivity index (χ3n) is 5.34. The van der Waals surface area contributed by atoms with Crippen LogP contribution in [0.3, 0.4) is 0 Å². The van der Waals surface area contributed by atoms with Crippen molar-refractivity contribution >= 4 is 44.3 Å². The highest BCUT2D eigenvalue weighted by atomic mass is 15.0. The molecule has 0 saturated heterocycles. The van der Waals surface area contributed by atoms with E-state index in [9.17, 15) is 0 Å². The maximum Gasteiger partial charge on any atom is 0.0620 e.